The molecule has 25 heavy (non-hydrogen) atoms. The summed E-state index contributed by atoms with van der Waals surface area (Å²) < 4.78 is 5.86. The number of amides is 1. The van der Waals surface area contributed by atoms with E-state index in [1.807, 2.05) is 43.3 Å². The van der Waals surface area contributed by atoms with Crippen molar-refractivity contribution in [3.8, 4) is 5.75 Å². The van der Waals surface area contributed by atoms with Crippen LogP contribution in [-0.2, 0) is 11.2 Å². The monoisotopic (exact) mass is 340 g/mol. The Morgan fingerprint density at radius 2 is 1.96 bits per heavy atom. The van der Waals surface area contributed by atoms with Crippen molar-refractivity contribution >= 4 is 11.6 Å². The van der Waals surface area contributed by atoms with Crippen LogP contribution in [0.1, 0.15) is 36.9 Å². The molecular weight excluding hydrogens is 316 g/mol. The minimum atomic E-state index is -0.392. The zero-order valence-corrected chi connectivity index (χ0v) is 14.4. The molecule has 1 amide bonds. The second-order valence-corrected chi connectivity index (χ2v) is 6.57. The molecule has 5 nitrogen and oxygen atoms in total. The summed E-state index contributed by atoms with van der Waals surface area (Å²) in [6.07, 6.45) is 5.31. The SMILES string of the molecule is Cc1ccc(CC(=O)Nc2ccc(OC3CCCCC3O)cc2)cn1. The van der Waals surface area contributed by atoms with Gasteiger partial charge in [-0.2, -0.15) is 0 Å². The van der Waals surface area contributed by atoms with Gasteiger partial charge in [-0.3, -0.25) is 9.78 Å². The maximum Gasteiger partial charge on any atom is 0.228 e. The number of benzene rings is 1. The molecule has 2 aromatic rings. The average molecular weight is 340 g/mol. The third kappa shape index (κ3) is 5.03. The van der Waals surface area contributed by atoms with E-state index in [1.54, 1.807) is 6.20 Å². The van der Waals surface area contributed by atoms with Gasteiger partial charge in [0.05, 0.1) is 12.5 Å². The standard InChI is InChI=1S/C20H24N2O3/c1-14-6-7-15(13-21-14)12-20(24)22-16-8-10-17(11-9-16)25-19-5-3-2-4-18(19)23/h6-11,13,18-19,23H,2-5,12H2,1H3,(H,22,24). The van der Waals surface area contributed by atoms with Crippen LogP contribution in [-0.4, -0.2) is 28.2 Å². The number of hydrogen-bond acceptors (Lipinski definition) is 4. The third-order valence-corrected chi connectivity index (χ3v) is 4.43. The Balaban J connectivity index is 1.53. The number of ether oxygens (including phenoxy) is 1. The quantitative estimate of drug-likeness (QED) is 0.876. The number of aliphatic hydroxyl groups is 1. The second-order valence-electron chi connectivity index (χ2n) is 6.57. The number of hydrogen-bond donors (Lipinski definition) is 2. The average Bonchev–Trinajstić information content (AvgIpc) is 2.61. The number of nitrogens with one attached hydrogen (secondary N) is 1. The first-order valence-electron chi connectivity index (χ1n) is 8.76. The Morgan fingerprint density at radius 1 is 1.20 bits per heavy atom. The van der Waals surface area contributed by atoms with Crippen molar-refractivity contribution in [2.45, 2.75) is 51.2 Å². The fraction of sp³-hybridized carbons (Fsp3) is 0.400. The normalized spacial score (nSPS) is 20.1. The van der Waals surface area contributed by atoms with Crippen LogP contribution in [0.15, 0.2) is 42.6 Å². The first-order valence-corrected chi connectivity index (χ1v) is 8.76. The molecule has 1 heterocycles. The van der Waals surface area contributed by atoms with E-state index in [0.717, 1.165) is 42.6 Å². The molecule has 1 fully saturated rings. The van der Waals surface area contributed by atoms with Crippen molar-refractivity contribution in [2.75, 3.05) is 5.32 Å². The minimum Gasteiger partial charge on any atom is -0.488 e. The molecule has 2 atom stereocenters. The fourth-order valence-electron chi connectivity index (χ4n) is 3.00. The highest BCUT2D eigenvalue weighted by Gasteiger charge is 2.24. The van der Waals surface area contributed by atoms with Crippen LogP contribution in [0.2, 0.25) is 0 Å². The van der Waals surface area contributed by atoms with Crippen LogP contribution in [0, 0.1) is 6.92 Å². The molecule has 0 saturated heterocycles. The molecule has 1 aromatic heterocycles. The van der Waals surface area contributed by atoms with Crippen LogP contribution in [0.3, 0.4) is 0 Å². The predicted molar refractivity (Wildman–Crippen MR) is 96.6 cm³/mol. The van der Waals surface area contributed by atoms with E-state index < -0.39 is 6.10 Å². The van der Waals surface area contributed by atoms with E-state index >= 15 is 0 Å². The number of pyridine rings is 1. The van der Waals surface area contributed by atoms with E-state index in [-0.39, 0.29) is 12.0 Å². The zero-order valence-electron chi connectivity index (χ0n) is 14.4. The van der Waals surface area contributed by atoms with E-state index in [2.05, 4.69) is 10.3 Å². The second kappa shape index (κ2) is 8.12. The van der Waals surface area contributed by atoms with E-state index in [1.165, 1.54) is 0 Å². The van der Waals surface area contributed by atoms with Crippen LogP contribution in [0.5, 0.6) is 5.75 Å². The highest BCUT2D eigenvalue weighted by atomic mass is 16.5. The van der Waals surface area contributed by atoms with Gasteiger partial charge in [0.2, 0.25) is 5.91 Å². The molecule has 1 saturated carbocycles. The summed E-state index contributed by atoms with van der Waals surface area (Å²) in [5.74, 6) is 0.633. The summed E-state index contributed by atoms with van der Waals surface area (Å²) in [5.41, 5.74) is 2.54. The number of anilines is 1. The molecule has 0 bridgehead atoms. The molecule has 2 unspecified atom stereocenters. The van der Waals surface area contributed by atoms with Crippen LogP contribution < -0.4 is 10.1 Å². The molecule has 1 aromatic carbocycles. The van der Waals surface area contributed by atoms with Gasteiger partial charge in [0, 0.05) is 17.6 Å². The van der Waals surface area contributed by atoms with Gasteiger partial charge in [0.15, 0.2) is 0 Å². The molecule has 132 valence electrons. The maximum absolute atomic E-state index is 12.1. The lowest BCUT2D eigenvalue weighted by Crippen LogP contribution is -2.34. The summed E-state index contributed by atoms with van der Waals surface area (Å²) in [4.78, 5) is 16.3. The predicted octanol–water partition coefficient (Wildman–Crippen LogP) is 3.25. The number of carbonyl (C=O) groups is 1. The van der Waals surface area contributed by atoms with E-state index in [9.17, 15) is 9.90 Å². The number of nitrogens with zero attached hydrogens (tertiary/aromatic N) is 1. The first-order chi connectivity index (χ1) is 12.1. The van der Waals surface area contributed by atoms with Gasteiger partial charge in [0.25, 0.3) is 0 Å². The van der Waals surface area contributed by atoms with Crippen molar-refractivity contribution < 1.29 is 14.6 Å². The van der Waals surface area contributed by atoms with Crippen molar-refractivity contribution in [2.24, 2.45) is 0 Å². The fourth-order valence-corrected chi connectivity index (χ4v) is 3.00. The summed E-state index contributed by atoms with van der Waals surface area (Å²) in [6.45, 7) is 1.92. The molecular formula is C20H24N2O3. The molecule has 0 radical (unpaired) electrons. The Morgan fingerprint density at radius 3 is 2.64 bits per heavy atom. The lowest BCUT2D eigenvalue weighted by atomic mass is 9.95. The van der Waals surface area contributed by atoms with Crippen LogP contribution in [0.25, 0.3) is 0 Å². The van der Waals surface area contributed by atoms with Gasteiger partial charge in [0.1, 0.15) is 11.9 Å². The molecule has 1 aliphatic carbocycles. The van der Waals surface area contributed by atoms with Gasteiger partial charge in [-0.15, -0.1) is 0 Å². The highest BCUT2D eigenvalue weighted by molar-refractivity contribution is 5.92. The smallest absolute Gasteiger partial charge is 0.228 e. The minimum absolute atomic E-state index is 0.0815. The lowest BCUT2D eigenvalue weighted by Gasteiger charge is -2.28. The van der Waals surface area contributed by atoms with Gasteiger partial charge >= 0.3 is 0 Å². The lowest BCUT2D eigenvalue weighted by molar-refractivity contribution is -0.115. The number of rotatable bonds is 5. The topological polar surface area (TPSA) is 71.5 Å². The zero-order chi connectivity index (χ0) is 17.6. The largest absolute Gasteiger partial charge is 0.488 e. The molecule has 3 rings (SSSR count). The van der Waals surface area contributed by atoms with Crippen molar-refractivity contribution in [1.82, 2.24) is 4.98 Å². The van der Waals surface area contributed by atoms with E-state index in [0.29, 0.717) is 12.2 Å². The summed E-state index contributed by atoms with van der Waals surface area (Å²) >= 11 is 0. The summed E-state index contributed by atoms with van der Waals surface area (Å²) in [5, 5.41) is 12.8. The number of aliphatic hydroxyl groups excluding tert-OH is 1. The number of aryl methyl sites for hydroxylation is 1. The van der Waals surface area contributed by atoms with Gasteiger partial charge in [-0.1, -0.05) is 12.5 Å². The number of carbonyl (C=O) groups excluding carboxylic acids is 1. The molecule has 1 aliphatic rings. The summed E-state index contributed by atoms with van der Waals surface area (Å²) in [7, 11) is 0. The van der Waals surface area contributed by atoms with Crippen molar-refractivity contribution in [3.05, 3.63) is 53.9 Å². The summed E-state index contributed by atoms with van der Waals surface area (Å²) in [6, 6.07) is 11.1. The van der Waals surface area contributed by atoms with Crippen LogP contribution in [0.4, 0.5) is 5.69 Å². The molecule has 0 spiro atoms. The first kappa shape index (κ1) is 17.4. The molecule has 0 aliphatic heterocycles. The Labute approximate surface area is 148 Å². The third-order valence-electron chi connectivity index (χ3n) is 4.43. The van der Waals surface area contributed by atoms with E-state index in [4.69, 9.17) is 4.74 Å². The van der Waals surface area contributed by atoms with Crippen molar-refractivity contribution in [1.29, 1.82) is 0 Å². The van der Waals surface area contributed by atoms with Gasteiger partial charge in [-0.05, 0) is 62.1 Å². The molecule has 5 heteroatoms. The number of aromatic nitrogens is 1. The van der Waals surface area contributed by atoms with Gasteiger partial charge < -0.3 is 15.2 Å². The molecule has 2 N–H and O–H groups in total. The van der Waals surface area contributed by atoms with Gasteiger partial charge in [-0.25, -0.2) is 0 Å². The van der Waals surface area contributed by atoms with Crippen molar-refractivity contribution in [3.63, 3.8) is 0 Å². The Kier molecular flexibility index (Phi) is 5.66. The Hall–Kier alpha value is -2.40. The highest BCUT2D eigenvalue weighted by Crippen LogP contribution is 2.25. The van der Waals surface area contributed by atoms with Crippen LogP contribution >= 0.6 is 0 Å². The maximum atomic E-state index is 12.1. The Bertz CT molecular complexity index is 698.